The van der Waals surface area contributed by atoms with Gasteiger partial charge in [-0.1, -0.05) is 62.4 Å². The predicted octanol–water partition coefficient (Wildman–Crippen LogP) is 5.51. The zero-order valence-electron chi connectivity index (χ0n) is 43.6. The molecular weight excluding hydrogens is 944 g/mol. The number of nitrogens with two attached hydrogens (primary N) is 2. The number of esters is 1. The molecule has 0 unspecified atom stereocenters. The number of halogens is 1. The molecule has 2 aromatic heterocycles. The molecule has 13 atom stereocenters. The number of hydrogen-bond donors (Lipinski definition) is 3. The van der Waals surface area contributed by atoms with Gasteiger partial charge in [0.25, 0.3) is 5.67 Å². The first kappa shape index (κ1) is 54.9. The monoisotopic (exact) mass is 1020 g/mol. The fourth-order valence-electron chi connectivity index (χ4n) is 11.1. The van der Waals surface area contributed by atoms with Crippen molar-refractivity contribution in [1.82, 2.24) is 39.8 Å². The van der Waals surface area contributed by atoms with Gasteiger partial charge in [0, 0.05) is 73.0 Å². The average Bonchev–Trinajstić information content (AvgIpc) is 4.10. The van der Waals surface area contributed by atoms with Crippen molar-refractivity contribution in [2.24, 2.45) is 17.8 Å². The molecular formula is C52H73FN10O10. The van der Waals surface area contributed by atoms with Gasteiger partial charge in [0.1, 0.15) is 29.4 Å². The Morgan fingerprint density at radius 3 is 2.04 bits per heavy atom. The van der Waals surface area contributed by atoms with Crippen LogP contribution in [0.15, 0.2) is 60.9 Å². The number of unbranched alkanes of at least 4 members (excludes halogenated alkanes) is 1. The molecule has 7 rings (SSSR count). The van der Waals surface area contributed by atoms with Crippen molar-refractivity contribution in [3.8, 4) is 22.5 Å². The van der Waals surface area contributed by atoms with Crippen LogP contribution < -0.4 is 11.5 Å². The lowest BCUT2D eigenvalue weighted by molar-refractivity contribution is -0.296. The molecule has 21 heteroatoms. The standard InChI is InChI=1S/C52H73FN10O10/c1-11-41-52(8)44(63(49(68)73-52)21-13-12-20-61-28-38(56-58-61)34-16-14-18-36(54)25-34)32(4)42(64)30(2)27-50(6,69-10)46(33(5)45(66)51(7,53)48(67)71-41)72-47-43(65)40(24-31(3)70-47)60(9)22-23-62-29-39(57-59-62)35-17-15-19-37(55)26-35/h14-19,25-26,28-33,40-41,43-44,46-47,65H,11-13,20-24,27,54-55H2,1-10H3/t30-,31-,32+,33+,40+,41-,43-,44-,46-,47+,50-,51+,52-/m1/s1. The number of carbonyl (C=O) groups excluding carboxylic acids is 4. The fourth-order valence-corrected chi connectivity index (χ4v) is 11.1. The Bertz CT molecular complexity index is 2590. The van der Waals surface area contributed by atoms with Crippen LogP contribution in [0.3, 0.4) is 0 Å². The SMILES string of the molecule is CC[C@H]1OC(=O)[C@@](C)(F)C(=O)[C@H](C)[C@@H](O[C@@H]2O[C@H](C)C[C@H](N(C)CCn3cc(-c4cccc(N)c4)nn3)[C@H]2O)[C@](C)(OC)C[C@@H](C)C(=O)[C@H](C)[C@H]2N(CCCCn3cc(-c4cccc(N)c4)nn3)C(=O)O[C@]12C. The van der Waals surface area contributed by atoms with Crippen LogP contribution in [0.5, 0.6) is 0 Å². The molecule has 1 amide bonds. The molecule has 4 aromatic rings. The maximum Gasteiger partial charge on any atom is 0.410 e. The van der Waals surface area contributed by atoms with Gasteiger partial charge in [-0.15, -0.1) is 10.2 Å². The van der Waals surface area contributed by atoms with E-state index in [1.165, 1.54) is 18.9 Å². The lowest BCUT2D eigenvalue weighted by Gasteiger charge is -2.47. The van der Waals surface area contributed by atoms with Gasteiger partial charge in [-0.05, 0) is 91.1 Å². The van der Waals surface area contributed by atoms with E-state index in [1.807, 2.05) is 67.7 Å². The number of amides is 1. The lowest BCUT2D eigenvalue weighted by Crippen LogP contribution is -2.62. The first-order valence-electron chi connectivity index (χ1n) is 25.2. The van der Waals surface area contributed by atoms with Crippen molar-refractivity contribution >= 4 is 35.0 Å². The highest BCUT2D eigenvalue weighted by molar-refractivity contribution is 6.08. The van der Waals surface area contributed by atoms with Crippen LogP contribution in [0.2, 0.25) is 0 Å². The average molecular weight is 1020 g/mol. The second kappa shape index (κ2) is 22.3. The summed E-state index contributed by atoms with van der Waals surface area (Å²) in [7, 11) is 3.25. The number of aromatic nitrogens is 6. The van der Waals surface area contributed by atoms with Crippen molar-refractivity contribution in [2.75, 3.05) is 38.7 Å². The number of hydrogen-bond acceptors (Lipinski definition) is 17. The summed E-state index contributed by atoms with van der Waals surface area (Å²) >= 11 is 0. The Kier molecular flexibility index (Phi) is 16.8. The largest absolute Gasteiger partial charge is 0.455 e. The number of nitrogen functional groups attached to an aromatic ring is 2. The zero-order chi connectivity index (χ0) is 53.2. The fraction of sp³-hybridized carbons (Fsp3) is 0.615. The molecule has 5 N–H and O–H groups in total. The Morgan fingerprint density at radius 2 is 1.47 bits per heavy atom. The summed E-state index contributed by atoms with van der Waals surface area (Å²) in [5, 5.41) is 29.2. The zero-order valence-corrected chi connectivity index (χ0v) is 43.6. The summed E-state index contributed by atoms with van der Waals surface area (Å²) < 4.78 is 51.8. The maximum absolute atomic E-state index is 17.2. The second-order valence-electron chi connectivity index (χ2n) is 20.8. The Balaban J connectivity index is 1.11. The van der Waals surface area contributed by atoms with Gasteiger partial charge < -0.3 is 45.2 Å². The maximum atomic E-state index is 17.2. The number of methoxy groups -OCH3 is 1. The summed E-state index contributed by atoms with van der Waals surface area (Å²) in [5.74, 6) is -6.06. The number of likely N-dealkylation sites (N-methyl/N-ethyl adjacent to an activating group) is 1. The van der Waals surface area contributed by atoms with Gasteiger partial charge in [-0.3, -0.25) is 23.9 Å². The molecule has 0 spiro atoms. The first-order chi connectivity index (χ1) is 34.5. The third kappa shape index (κ3) is 11.6. The molecule has 0 bridgehead atoms. The van der Waals surface area contributed by atoms with Crippen molar-refractivity contribution in [1.29, 1.82) is 0 Å². The molecule has 3 aliphatic rings. The molecule has 2 aromatic carbocycles. The Morgan fingerprint density at radius 1 is 0.877 bits per heavy atom. The number of benzene rings is 2. The number of aliphatic hydroxyl groups is 1. The van der Waals surface area contributed by atoms with Gasteiger partial charge in [-0.2, -0.15) is 0 Å². The van der Waals surface area contributed by atoms with E-state index in [-0.39, 0.29) is 25.2 Å². The molecule has 398 valence electrons. The highest BCUT2D eigenvalue weighted by Crippen LogP contribution is 2.44. The number of carbonyl (C=O) groups is 4. The van der Waals surface area contributed by atoms with Crippen molar-refractivity contribution in [3.63, 3.8) is 0 Å². The normalized spacial score (nSPS) is 32.6. The molecule has 3 saturated heterocycles. The number of fused-ring (bicyclic) bond motifs is 1. The van der Waals surface area contributed by atoms with E-state index in [0.717, 1.165) is 18.1 Å². The second-order valence-corrected chi connectivity index (χ2v) is 20.8. The van der Waals surface area contributed by atoms with Crippen LogP contribution in [0.25, 0.3) is 22.5 Å². The van der Waals surface area contributed by atoms with Crippen LogP contribution in [0.1, 0.15) is 87.5 Å². The molecule has 73 heavy (non-hydrogen) atoms. The van der Waals surface area contributed by atoms with Crippen LogP contribution in [0.4, 0.5) is 20.6 Å². The van der Waals surface area contributed by atoms with Gasteiger partial charge in [0.05, 0.1) is 42.8 Å². The minimum absolute atomic E-state index is 0.0511. The topological polar surface area (TPSA) is 255 Å². The number of anilines is 2. The number of cyclic esters (lactones) is 1. The summed E-state index contributed by atoms with van der Waals surface area (Å²) in [6, 6.07) is 13.2. The number of nitrogens with zero attached hydrogens (tertiary/aromatic N) is 8. The number of Topliss-reactive ketones (excluding diaryl/α,β-unsaturated/α-hetero) is 2. The predicted molar refractivity (Wildman–Crippen MR) is 268 cm³/mol. The van der Waals surface area contributed by atoms with Crippen molar-refractivity contribution in [3.05, 3.63) is 60.9 Å². The van der Waals surface area contributed by atoms with Gasteiger partial charge in [-0.25, -0.2) is 14.0 Å². The van der Waals surface area contributed by atoms with Crippen LogP contribution in [0, 0.1) is 17.8 Å². The smallest absolute Gasteiger partial charge is 0.410 e. The number of alkyl halides is 1. The number of ether oxygens (including phenoxy) is 5. The number of aryl methyl sites for hydroxylation is 1. The minimum Gasteiger partial charge on any atom is -0.455 e. The van der Waals surface area contributed by atoms with E-state index >= 15 is 4.39 Å². The molecule has 0 radical (unpaired) electrons. The summed E-state index contributed by atoms with van der Waals surface area (Å²) in [6.45, 7) is 14.0. The van der Waals surface area contributed by atoms with Crippen molar-refractivity contribution < 1.29 is 52.4 Å². The number of rotatable bonds is 15. The van der Waals surface area contributed by atoms with Gasteiger partial charge >= 0.3 is 12.1 Å². The van der Waals surface area contributed by atoms with Crippen LogP contribution in [-0.4, -0.2) is 155 Å². The lowest BCUT2D eigenvalue weighted by atomic mass is 9.73. The van der Waals surface area contributed by atoms with Gasteiger partial charge in [0.15, 0.2) is 17.7 Å². The highest BCUT2D eigenvalue weighted by atomic mass is 19.1. The van der Waals surface area contributed by atoms with E-state index in [0.29, 0.717) is 61.7 Å². The van der Waals surface area contributed by atoms with E-state index in [1.54, 1.807) is 56.1 Å². The molecule has 0 aliphatic carbocycles. The third-order valence-electron chi connectivity index (χ3n) is 15.2. The third-order valence-corrected chi connectivity index (χ3v) is 15.2. The molecule has 3 aliphatic heterocycles. The molecule has 5 heterocycles. The van der Waals surface area contributed by atoms with E-state index in [9.17, 15) is 24.3 Å². The van der Waals surface area contributed by atoms with Crippen LogP contribution >= 0.6 is 0 Å². The molecule has 3 fully saturated rings. The van der Waals surface area contributed by atoms with Crippen LogP contribution in [-0.2, 0) is 51.2 Å². The van der Waals surface area contributed by atoms with Gasteiger partial charge in [0.2, 0.25) is 0 Å². The number of ketones is 2. The summed E-state index contributed by atoms with van der Waals surface area (Å²) in [4.78, 5) is 61.1. The van der Waals surface area contributed by atoms with E-state index in [4.69, 9.17) is 35.2 Å². The number of aliphatic hydroxyl groups excluding tert-OH is 1. The van der Waals surface area contributed by atoms with E-state index in [2.05, 4.69) is 20.6 Å². The summed E-state index contributed by atoms with van der Waals surface area (Å²) in [6.07, 6.45) is -1.38. The molecule has 20 nitrogen and oxygen atoms in total. The van der Waals surface area contributed by atoms with E-state index < -0.39 is 95.3 Å². The summed E-state index contributed by atoms with van der Waals surface area (Å²) in [5.41, 5.74) is 9.72. The Hall–Kier alpha value is -5.87. The Labute approximate surface area is 426 Å². The van der Waals surface area contributed by atoms with Crippen molar-refractivity contribution in [2.45, 2.75) is 160 Å². The first-order valence-corrected chi connectivity index (χ1v) is 25.2. The quantitative estimate of drug-likeness (QED) is 0.0574. The molecule has 0 saturated carbocycles. The minimum atomic E-state index is -3.24. The highest BCUT2D eigenvalue weighted by Gasteiger charge is 2.62.